The molecule has 4 aromatic carbocycles. The third kappa shape index (κ3) is 20.0. The number of carbonyl (C=O) groups excluding carboxylic acids is 9. The van der Waals surface area contributed by atoms with Gasteiger partial charge in [-0.3, -0.25) is 61.7 Å². The lowest BCUT2D eigenvalue weighted by atomic mass is 9.85. The van der Waals surface area contributed by atoms with Crippen LogP contribution >= 0.6 is 18.9 Å². The summed E-state index contributed by atoms with van der Waals surface area (Å²) in [7, 11) is -5.62. The van der Waals surface area contributed by atoms with Crippen LogP contribution in [0.25, 0.3) is 16.0 Å². The Morgan fingerprint density at radius 2 is 1.40 bits per heavy atom. The summed E-state index contributed by atoms with van der Waals surface area (Å²) in [6.07, 6.45) is 0.585. The number of aliphatic hydroxyl groups excluding tert-OH is 1. The first kappa shape index (κ1) is 79.1. The zero-order chi connectivity index (χ0) is 74.8. The molecule has 5 aromatic rings. The van der Waals surface area contributed by atoms with Gasteiger partial charge in [-0.05, 0) is 138 Å². The topological polar surface area (TPSA) is 331 Å². The molecule has 1 saturated heterocycles. The number of amides is 7. The summed E-state index contributed by atoms with van der Waals surface area (Å²) in [5.74, 6) is -5.37. The number of hydrogen-bond acceptors (Lipinski definition) is 18. The maximum atomic E-state index is 16.3. The van der Waals surface area contributed by atoms with Crippen LogP contribution in [0.3, 0.4) is 0 Å². The number of nitrogens with one attached hydrogen (secondary N) is 4. The van der Waals surface area contributed by atoms with E-state index in [4.69, 9.17) is 29.0 Å². The first-order valence-electron chi connectivity index (χ1n) is 33.8. The maximum Gasteiger partial charge on any atom is 0.410 e. The number of benzene rings is 4. The predicted octanol–water partition coefficient (Wildman–Crippen LogP) is 9.38. The van der Waals surface area contributed by atoms with Gasteiger partial charge in [-0.2, -0.15) is 8.78 Å². The van der Waals surface area contributed by atoms with Gasteiger partial charge < -0.3 is 51.2 Å². The Morgan fingerprint density at radius 3 is 1.99 bits per heavy atom. The number of hydrogen-bond donors (Lipinski definition) is 6. The van der Waals surface area contributed by atoms with Crippen molar-refractivity contribution in [3.8, 4) is 10.4 Å². The van der Waals surface area contributed by atoms with E-state index in [0.29, 0.717) is 18.5 Å². The first-order chi connectivity index (χ1) is 47.8. The van der Waals surface area contributed by atoms with E-state index in [1.807, 2.05) is 94.4 Å². The predicted molar refractivity (Wildman–Crippen MR) is 377 cm³/mol. The molecule has 0 unspecified atom stereocenters. The molecule has 3 aliphatic heterocycles. The van der Waals surface area contributed by atoms with Crippen molar-refractivity contribution in [1.29, 1.82) is 0 Å². The molecule has 24 nitrogen and oxygen atoms in total. The van der Waals surface area contributed by atoms with Gasteiger partial charge in [-0.15, -0.1) is 11.3 Å². The molecule has 8 rings (SSSR count). The molecule has 102 heavy (non-hydrogen) atoms. The fourth-order valence-electron chi connectivity index (χ4n) is 11.9. The van der Waals surface area contributed by atoms with Gasteiger partial charge in [0.05, 0.1) is 57.5 Å². The average Bonchev–Trinajstić information content (AvgIpc) is 1.54. The van der Waals surface area contributed by atoms with E-state index in [9.17, 15) is 52.8 Å². The van der Waals surface area contributed by atoms with Crippen LogP contribution in [0.1, 0.15) is 153 Å². The van der Waals surface area contributed by atoms with E-state index in [-0.39, 0.29) is 75.3 Å². The summed E-state index contributed by atoms with van der Waals surface area (Å²) in [4.78, 5) is 130. The summed E-state index contributed by atoms with van der Waals surface area (Å²) < 4.78 is 72.7. The highest BCUT2D eigenvalue weighted by molar-refractivity contribution is 7.54. The number of allylic oxidation sites excluding steroid dienone is 1. The summed E-state index contributed by atoms with van der Waals surface area (Å²) in [6.45, 7) is 17.6. The number of esters is 2. The van der Waals surface area contributed by atoms with Gasteiger partial charge in [0.1, 0.15) is 24.2 Å². The lowest BCUT2D eigenvalue weighted by Crippen LogP contribution is -2.57. The number of alkyl halides is 2. The standard InChI is InChI=1S/C74H93F2N8O16PS/c1-43(49-25-28-53(29-26-49)74(75,76)101(95,99-41-97-69(93)72(7,8)9)100-42-98-70(94)73(10,11)12)34-61(88)80-56-30-27-50-14-13-15-52-35-58(84(62(50)52)67(56)91)66(90)81-55(31-32-59(77)86)45(3)96-39-48-18-16-46(17-19-48)22-33-60(87)82-64(71(4,5)6)68(92)83-38-54(85)36-57(83)65(89)78-37-47-20-23-51(24-21-47)63-44(2)79-40-102-63/h13-21,23-26,28-29,34,40,45,54-58,64,85H,22,27,30-33,35-39,41-42H2,1-12H3,(H2,77,86)(H,78,89)(H,80,88)(H,81,90)(H,82,87)/b43-34+/t45-,54-,55+,56+,57+,58+,64-/m1/s1. The Bertz CT molecular complexity index is 3940. The molecule has 0 radical (unpaired) electrons. The van der Waals surface area contributed by atoms with Crippen molar-refractivity contribution in [2.24, 2.45) is 22.0 Å². The van der Waals surface area contributed by atoms with Crippen LogP contribution in [-0.2, 0) is 109 Å². The summed E-state index contributed by atoms with van der Waals surface area (Å²) in [5, 5.41) is 22.4. The third-order valence-electron chi connectivity index (χ3n) is 17.9. The van der Waals surface area contributed by atoms with Crippen LogP contribution in [-0.4, -0.2) is 131 Å². The Hall–Kier alpha value is -8.59. The van der Waals surface area contributed by atoms with Gasteiger partial charge in [0.2, 0.25) is 54.9 Å². The van der Waals surface area contributed by atoms with Crippen molar-refractivity contribution in [3.63, 3.8) is 0 Å². The van der Waals surface area contributed by atoms with Crippen LogP contribution in [0.5, 0.6) is 0 Å². The van der Waals surface area contributed by atoms with Crippen LogP contribution in [0.15, 0.2) is 103 Å². The van der Waals surface area contributed by atoms with E-state index in [1.165, 1.54) is 76.5 Å². The fraction of sp³-hybridized carbons (Fsp3) is 0.486. The SMILES string of the molecule is C/C(=C\C(=O)N[C@H]1CCc2cccc3c2N(C1=O)[C@H](C(=O)N[C@@H](CCC(N)=O)[C@@H](C)OCc1ccc(CCC(=O)N[C@H](C(=O)N2C[C@H](O)C[C@H]2C(=O)NCc2ccc(-c4scnc4C)cc2)C(C)(C)C)cc1)C3)c1ccc(C(F)(F)P(=O)(OCOC(=O)C(C)(C)C)OCOC(=O)C(C)(C)C)cc1. The van der Waals surface area contributed by atoms with Gasteiger partial charge in [0, 0.05) is 50.4 Å². The van der Waals surface area contributed by atoms with Gasteiger partial charge in [-0.1, -0.05) is 112 Å². The molecule has 0 aliphatic carbocycles. The number of thiazole rings is 1. The number of aryl methyl sites for hydroxylation is 3. The molecule has 7 N–H and O–H groups in total. The molecule has 1 aromatic heterocycles. The van der Waals surface area contributed by atoms with Crippen molar-refractivity contribution in [2.75, 3.05) is 25.0 Å². The summed E-state index contributed by atoms with van der Waals surface area (Å²) >= 11 is 1.55. The molecule has 0 saturated carbocycles. The molecule has 1 fully saturated rings. The fourth-order valence-corrected chi connectivity index (χ4v) is 14.0. The summed E-state index contributed by atoms with van der Waals surface area (Å²) in [5.41, 5.74) is 6.27. The molecule has 550 valence electrons. The van der Waals surface area contributed by atoms with Gasteiger partial charge in [-0.25, -0.2) is 4.98 Å². The molecule has 0 bridgehead atoms. The normalized spacial score (nSPS) is 18.1. The van der Waals surface area contributed by atoms with Crippen LogP contribution < -0.4 is 31.9 Å². The molecular weight excluding hydrogens is 1360 g/mol. The number of anilines is 1. The first-order valence-corrected chi connectivity index (χ1v) is 36.3. The van der Waals surface area contributed by atoms with Crippen LogP contribution in [0.2, 0.25) is 0 Å². The van der Waals surface area contributed by atoms with Gasteiger partial charge in [0.15, 0.2) is 0 Å². The largest absolute Gasteiger partial charge is 0.438 e. The lowest BCUT2D eigenvalue weighted by Gasteiger charge is -2.35. The van der Waals surface area contributed by atoms with Crippen molar-refractivity contribution in [3.05, 3.63) is 147 Å². The molecule has 7 atom stereocenters. The number of carbonyl (C=O) groups is 9. The highest BCUT2D eigenvalue weighted by Crippen LogP contribution is 2.67. The van der Waals surface area contributed by atoms with E-state index >= 15 is 8.78 Å². The van der Waals surface area contributed by atoms with Crippen molar-refractivity contribution < 1.29 is 84.9 Å². The molecule has 0 spiro atoms. The molecular formula is C74H93F2N8O16PS. The second-order valence-electron chi connectivity index (χ2n) is 29.2. The number of nitrogens with two attached hydrogens (primary N) is 1. The summed E-state index contributed by atoms with van der Waals surface area (Å²) in [6, 6.07) is 20.0. The minimum atomic E-state index is -5.62. The smallest absolute Gasteiger partial charge is 0.410 e. The second-order valence-corrected chi connectivity index (χ2v) is 32.1. The minimum absolute atomic E-state index is 0.0335. The molecule has 7 amide bonds. The number of aromatic nitrogens is 1. The number of β-amino-alcohol motifs (C(OH)–C–C–N with tert-alkyl or cyclic N) is 1. The number of rotatable bonds is 29. The number of likely N-dealkylation sites (tertiary alicyclic amines) is 1. The number of para-hydroxylation sites is 1. The minimum Gasteiger partial charge on any atom is -0.438 e. The third-order valence-corrected chi connectivity index (χ3v) is 20.8. The van der Waals surface area contributed by atoms with Crippen LogP contribution in [0, 0.1) is 23.2 Å². The van der Waals surface area contributed by atoms with Crippen molar-refractivity contribution in [1.82, 2.24) is 31.2 Å². The zero-order valence-electron chi connectivity index (χ0n) is 59.7. The Kier molecular flexibility index (Phi) is 25.8. The zero-order valence-corrected chi connectivity index (χ0v) is 61.4. The number of ether oxygens (including phenoxy) is 3. The second kappa shape index (κ2) is 33.2. The van der Waals surface area contributed by atoms with Crippen molar-refractivity contribution >= 4 is 83.5 Å². The number of primary amides is 1. The highest BCUT2D eigenvalue weighted by Gasteiger charge is 2.56. The molecule has 28 heteroatoms. The Balaban J connectivity index is 0.854. The van der Waals surface area contributed by atoms with Gasteiger partial charge >= 0.3 is 25.2 Å². The maximum absolute atomic E-state index is 16.3. The van der Waals surface area contributed by atoms with Gasteiger partial charge in [0.25, 0.3) is 0 Å². The Labute approximate surface area is 597 Å². The van der Waals surface area contributed by atoms with E-state index in [0.717, 1.165) is 56.1 Å². The monoisotopic (exact) mass is 1450 g/mol. The van der Waals surface area contributed by atoms with Crippen molar-refractivity contribution in [2.45, 2.75) is 196 Å². The van der Waals surface area contributed by atoms with E-state index in [1.54, 1.807) is 23.8 Å². The molecule has 3 aliphatic rings. The molecule has 4 heterocycles. The number of aliphatic hydroxyl groups is 1. The quantitative estimate of drug-likeness (QED) is 0.0112. The number of halogens is 2. The highest BCUT2D eigenvalue weighted by atomic mass is 32.1. The average molecular weight is 1450 g/mol. The van der Waals surface area contributed by atoms with E-state index in [2.05, 4.69) is 26.3 Å². The lowest BCUT2D eigenvalue weighted by molar-refractivity contribution is -0.163. The Morgan fingerprint density at radius 1 is 0.794 bits per heavy atom. The van der Waals surface area contributed by atoms with Crippen LogP contribution in [0.4, 0.5) is 14.5 Å². The van der Waals surface area contributed by atoms with E-state index < -0.39 is 138 Å². The number of nitrogens with zero attached hydrogens (tertiary/aromatic N) is 3.